The zero-order valence-corrected chi connectivity index (χ0v) is 18.2. The van der Waals surface area contributed by atoms with Crippen LogP contribution in [0.1, 0.15) is 59.7 Å². The molecule has 2 aliphatic heterocycles. The number of fused-ring (bicyclic) bond motifs is 1. The quantitative estimate of drug-likeness (QED) is 0.720. The summed E-state index contributed by atoms with van der Waals surface area (Å²) in [7, 11) is 0. The highest BCUT2D eigenvalue weighted by atomic mass is 16.2. The van der Waals surface area contributed by atoms with Gasteiger partial charge in [-0.15, -0.1) is 0 Å². The molecular weight excluding hydrogens is 372 g/mol. The molecule has 4 heteroatoms. The summed E-state index contributed by atoms with van der Waals surface area (Å²) in [4.78, 5) is 29.0. The molecule has 0 saturated carbocycles. The first-order valence-electron chi connectivity index (χ1n) is 11.3. The van der Waals surface area contributed by atoms with Gasteiger partial charge in [-0.05, 0) is 74.3 Å². The van der Waals surface area contributed by atoms with Gasteiger partial charge in [0, 0.05) is 37.3 Å². The van der Waals surface area contributed by atoms with Crippen LogP contribution >= 0.6 is 0 Å². The lowest BCUT2D eigenvalue weighted by Crippen LogP contribution is -2.38. The molecule has 1 saturated heterocycles. The van der Waals surface area contributed by atoms with Crippen LogP contribution in [0, 0.1) is 12.8 Å². The zero-order valence-electron chi connectivity index (χ0n) is 18.2. The summed E-state index contributed by atoms with van der Waals surface area (Å²) < 4.78 is 0. The number of aryl methyl sites for hydroxylation is 2. The molecule has 0 radical (unpaired) electrons. The number of likely N-dealkylation sites (tertiary alicyclic amines) is 1. The fourth-order valence-electron chi connectivity index (χ4n) is 4.72. The van der Waals surface area contributed by atoms with Crippen LogP contribution in [0.25, 0.3) is 0 Å². The summed E-state index contributed by atoms with van der Waals surface area (Å²) in [6, 6.07) is 14.7. The van der Waals surface area contributed by atoms with E-state index < -0.39 is 0 Å². The van der Waals surface area contributed by atoms with Crippen LogP contribution in [-0.4, -0.2) is 36.3 Å². The number of carbonyl (C=O) groups is 2. The Balaban J connectivity index is 1.31. The molecule has 0 bridgehead atoms. The standard InChI is InChI=1S/C26H32N2O2/c1-3-25(29)28-17-14-22-18-23(10-11-24(22)28)26(30)27-15-12-21(13-16-27)9-8-20-6-4-19(2)5-7-20/h4-7,10-11,18,21H,3,8-9,12-17H2,1-2H3. The SMILES string of the molecule is CCC(=O)N1CCc2cc(C(=O)N3CCC(CCc4ccc(C)cc4)CC3)ccc21. The molecule has 0 unspecified atom stereocenters. The molecule has 0 N–H and O–H groups in total. The summed E-state index contributed by atoms with van der Waals surface area (Å²) >= 11 is 0. The first kappa shape index (κ1) is 20.6. The van der Waals surface area contributed by atoms with Crippen molar-refractivity contribution < 1.29 is 9.59 Å². The Morgan fingerprint density at radius 2 is 1.73 bits per heavy atom. The van der Waals surface area contributed by atoms with Crippen molar-refractivity contribution >= 4 is 17.5 Å². The van der Waals surface area contributed by atoms with Gasteiger partial charge in [0.05, 0.1) is 0 Å². The molecular formula is C26H32N2O2. The van der Waals surface area contributed by atoms with Crippen LogP contribution < -0.4 is 4.90 Å². The van der Waals surface area contributed by atoms with E-state index in [0.717, 1.165) is 62.1 Å². The van der Waals surface area contributed by atoms with Crippen molar-refractivity contribution in [1.82, 2.24) is 4.90 Å². The van der Waals surface area contributed by atoms with E-state index in [0.29, 0.717) is 12.3 Å². The first-order chi connectivity index (χ1) is 14.5. The van der Waals surface area contributed by atoms with Crippen molar-refractivity contribution in [2.75, 3.05) is 24.5 Å². The number of piperidine rings is 1. The minimum Gasteiger partial charge on any atom is -0.339 e. The third kappa shape index (κ3) is 4.43. The van der Waals surface area contributed by atoms with Crippen molar-refractivity contribution in [3.05, 3.63) is 64.7 Å². The molecule has 158 valence electrons. The number of benzene rings is 2. The molecule has 2 aliphatic rings. The summed E-state index contributed by atoms with van der Waals surface area (Å²) in [5, 5.41) is 0. The lowest BCUT2D eigenvalue weighted by molar-refractivity contribution is -0.118. The van der Waals surface area contributed by atoms with Crippen LogP contribution in [0.2, 0.25) is 0 Å². The molecule has 2 aromatic carbocycles. The summed E-state index contributed by atoms with van der Waals surface area (Å²) in [6.07, 6.45) is 5.84. The maximum Gasteiger partial charge on any atom is 0.253 e. The maximum atomic E-state index is 13.0. The van der Waals surface area contributed by atoms with Crippen LogP contribution in [-0.2, 0) is 17.6 Å². The van der Waals surface area contributed by atoms with Crippen molar-refractivity contribution in [1.29, 1.82) is 0 Å². The van der Waals surface area contributed by atoms with Crippen molar-refractivity contribution in [2.45, 2.75) is 52.4 Å². The summed E-state index contributed by atoms with van der Waals surface area (Å²) in [5.74, 6) is 0.986. The fourth-order valence-corrected chi connectivity index (χ4v) is 4.72. The molecule has 2 heterocycles. The van der Waals surface area contributed by atoms with E-state index in [-0.39, 0.29) is 11.8 Å². The van der Waals surface area contributed by atoms with Gasteiger partial charge in [-0.1, -0.05) is 36.8 Å². The van der Waals surface area contributed by atoms with Gasteiger partial charge in [-0.2, -0.15) is 0 Å². The molecule has 0 aromatic heterocycles. The molecule has 1 fully saturated rings. The number of anilines is 1. The smallest absolute Gasteiger partial charge is 0.253 e. The highest BCUT2D eigenvalue weighted by Gasteiger charge is 2.27. The topological polar surface area (TPSA) is 40.6 Å². The number of amides is 2. The predicted molar refractivity (Wildman–Crippen MR) is 121 cm³/mol. The summed E-state index contributed by atoms with van der Waals surface area (Å²) in [5.41, 5.74) is 5.58. The van der Waals surface area contributed by atoms with E-state index in [1.54, 1.807) is 0 Å². The molecule has 4 nitrogen and oxygen atoms in total. The van der Waals surface area contributed by atoms with Crippen LogP contribution in [0.5, 0.6) is 0 Å². The molecule has 4 rings (SSSR count). The lowest BCUT2D eigenvalue weighted by atomic mass is 9.90. The van der Waals surface area contributed by atoms with E-state index in [1.807, 2.05) is 34.9 Å². The lowest BCUT2D eigenvalue weighted by Gasteiger charge is -2.32. The average molecular weight is 405 g/mol. The van der Waals surface area contributed by atoms with Crippen LogP contribution in [0.3, 0.4) is 0 Å². The second-order valence-electron chi connectivity index (χ2n) is 8.75. The van der Waals surface area contributed by atoms with E-state index in [9.17, 15) is 9.59 Å². The van der Waals surface area contributed by atoms with Gasteiger partial charge < -0.3 is 9.80 Å². The number of carbonyl (C=O) groups excluding carboxylic acids is 2. The van der Waals surface area contributed by atoms with Gasteiger partial charge in [-0.25, -0.2) is 0 Å². The molecule has 0 atom stereocenters. The second-order valence-corrected chi connectivity index (χ2v) is 8.75. The van der Waals surface area contributed by atoms with E-state index >= 15 is 0 Å². The Morgan fingerprint density at radius 1 is 1.00 bits per heavy atom. The highest BCUT2D eigenvalue weighted by molar-refractivity contribution is 5.98. The van der Waals surface area contributed by atoms with Crippen LogP contribution in [0.4, 0.5) is 5.69 Å². The third-order valence-corrected chi connectivity index (χ3v) is 6.69. The Kier molecular flexibility index (Phi) is 6.21. The number of nitrogens with zero attached hydrogens (tertiary/aromatic N) is 2. The largest absolute Gasteiger partial charge is 0.339 e. The molecule has 0 aliphatic carbocycles. The van der Waals surface area contributed by atoms with E-state index in [2.05, 4.69) is 31.2 Å². The molecule has 0 spiro atoms. The van der Waals surface area contributed by atoms with E-state index in [4.69, 9.17) is 0 Å². The number of hydrogen-bond acceptors (Lipinski definition) is 2. The molecule has 2 aromatic rings. The number of hydrogen-bond donors (Lipinski definition) is 0. The first-order valence-corrected chi connectivity index (χ1v) is 11.3. The van der Waals surface area contributed by atoms with Crippen molar-refractivity contribution in [3.8, 4) is 0 Å². The van der Waals surface area contributed by atoms with Gasteiger partial charge in [0.2, 0.25) is 5.91 Å². The molecule has 30 heavy (non-hydrogen) atoms. The minimum absolute atomic E-state index is 0.134. The van der Waals surface area contributed by atoms with Gasteiger partial charge in [0.1, 0.15) is 0 Å². The third-order valence-electron chi connectivity index (χ3n) is 6.69. The maximum absolute atomic E-state index is 13.0. The minimum atomic E-state index is 0.134. The Hall–Kier alpha value is -2.62. The van der Waals surface area contributed by atoms with Gasteiger partial charge >= 0.3 is 0 Å². The predicted octanol–water partition coefficient (Wildman–Crippen LogP) is 4.78. The van der Waals surface area contributed by atoms with Gasteiger partial charge in [0.25, 0.3) is 5.91 Å². The zero-order chi connectivity index (χ0) is 21.1. The summed E-state index contributed by atoms with van der Waals surface area (Å²) in [6.45, 7) is 6.43. The fraction of sp³-hybridized carbons (Fsp3) is 0.462. The van der Waals surface area contributed by atoms with E-state index in [1.165, 1.54) is 17.5 Å². The van der Waals surface area contributed by atoms with Crippen molar-refractivity contribution in [2.24, 2.45) is 5.92 Å². The monoisotopic (exact) mass is 404 g/mol. The van der Waals surface area contributed by atoms with Crippen molar-refractivity contribution in [3.63, 3.8) is 0 Å². The Morgan fingerprint density at radius 3 is 2.43 bits per heavy atom. The molecule has 2 amide bonds. The van der Waals surface area contributed by atoms with Crippen LogP contribution in [0.15, 0.2) is 42.5 Å². The highest BCUT2D eigenvalue weighted by Crippen LogP contribution is 2.30. The normalized spacial score (nSPS) is 16.6. The van der Waals surface area contributed by atoms with Gasteiger partial charge in [-0.3, -0.25) is 9.59 Å². The Bertz CT molecular complexity index is 911. The Labute approximate surface area is 179 Å². The average Bonchev–Trinajstić information content (AvgIpc) is 3.21. The number of rotatable bonds is 5. The second kappa shape index (κ2) is 9.03. The van der Waals surface area contributed by atoms with Gasteiger partial charge in [0.15, 0.2) is 0 Å².